The molecule has 0 aromatic heterocycles. The van der Waals surface area contributed by atoms with Crippen LogP contribution < -0.4 is 0 Å². The summed E-state index contributed by atoms with van der Waals surface area (Å²) in [7, 11) is 1.31. The first-order chi connectivity index (χ1) is 30.0. The molecule has 16 nitrogen and oxygen atoms in total. The highest BCUT2D eigenvalue weighted by molar-refractivity contribution is 5.83. The highest BCUT2D eigenvalue weighted by Gasteiger charge is 2.08. The van der Waals surface area contributed by atoms with Gasteiger partial charge in [0.25, 0.3) is 0 Å². The van der Waals surface area contributed by atoms with E-state index in [2.05, 4.69) is 92.4 Å². The van der Waals surface area contributed by atoms with Gasteiger partial charge in [-0.15, -0.1) is 0 Å². The summed E-state index contributed by atoms with van der Waals surface area (Å²) in [6.45, 7) is 38.2. The van der Waals surface area contributed by atoms with Crippen LogP contribution in [0.15, 0.2) is 138 Å². The van der Waals surface area contributed by atoms with E-state index in [-0.39, 0.29) is 37.7 Å². The minimum Gasteiger partial charge on any atom is -0.466 e. The summed E-state index contributed by atoms with van der Waals surface area (Å²) in [5.41, 5.74) is 1.17. The number of benzene rings is 1. The van der Waals surface area contributed by atoms with Gasteiger partial charge in [0.05, 0.1) is 26.9 Å². The molecule has 0 aliphatic carbocycles. The first kappa shape index (κ1) is 67.4. The average Bonchev–Trinajstić information content (AvgIpc) is 3.32. The second-order valence-electron chi connectivity index (χ2n) is 10.4. The Hall–Kier alpha value is -7.36. The van der Waals surface area contributed by atoms with Gasteiger partial charge in [0, 0.05) is 48.6 Å². The molecule has 0 heterocycles. The van der Waals surface area contributed by atoms with Crippen LogP contribution in [0.4, 0.5) is 0 Å². The van der Waals surface area contributed by atoms with Crippen molar-refractivity contribution in [2.75, 3.05) is 46.8 Å². The monoisotopic (exact) mass is 886 g/mol. The molecule has 63 heavy (non-hydrogen) atoms. The SMILES string of the molecule is C=CC(=O)OC.C=CC(=O)OCC.C=CC(=O)OCC(C)OC(=O)C=C.C=CC(=O)OCCC.C=CC(=O)OCCCC.C=CC(=O)OCCOC(=O)C=C.C=Cc1ccccc1. The lowest BCUT2D eigenvalue weighted by Crippen LogP contribution is -2.20. The second-order valence-corrected chi connectivity index (χ2v) is 10.4. The number of hydrogen-bond donors (Lipinski definition) is 0. The standard InChI is InChI=1S/C9H12O4.C8H10O4.C8H8.C7H12O2.C6H10O2.C5H8O2.C4H6O2/c1-4-8(10)12-6-7(3)13-9(11)5-2;1-3-7(9)11-5-6-12-8(10)4-2;1-2-8-6-4-3-5-7-8;1-3-5-6-9-7(8)4-2;1-3-5-8-6(7)4-2;1-3-5(6)7-4-2;1-3-4(5)6-2/h4-5,7H,1-2,6H2,3H3;3-4H,1-2,5-6H2;2-7H,1H2;4H,2-3,5-6H2,1H3;4H,2-3,5H2,1H3;3H,1,4H2,2H3;3H,1H2,2H3. The predicted octanol–water partition coefficient (Wildman–Crippen LogP) is 7.33. The Labute approximate surface area is 372 Å². The van der Waals surface area contributed by atoms with Crippen molar-refractivity contribution >= 4 is 53.8 Å². The fourth-order valence-electron chi connectivity index (χ4n) is 2.45. The summed E-state index contributed by atoms with van der Waals surface area (Å²) in [4.78, 5) is 82.5. The van der Waals surface area contributed by atoms with Gasteiger partial charge in [-0.25, -0.2) is 38.4 Å². The largest absolute Gasteiger partial charge is 0.466 e. The number of unbranched alkanes of at least 4 members (excludes halogenated alkanes) is 1. The van der Waals surface area contributed by atoms with Gasteiger partial charge in [0.2, 0.25) is 0 Å². The van der Waals surface area contributed by atoms with Crippen molar-refractivity contribution < 1.29 is 76.3 Å². The van der Waals surface area contributed by atoms with Gasteiger partial charge in [-0.1, -0.05) is 116 Å². The molecule has 1 atom stereocenters. The molecule has 1 aromatic carbocycles. The van der Waals surface area contributed by atoms with Gasteiger partial charge in [-0.05, 0) is 32.3 Å². The molecular weight excluding hydrogens is 821 g/mol. The molecule has 0 amide bonds. The molecule has 0 aliphatic rings. The van der Waals surface area contributed by atoms with Crippen LogP contribution in [0.2, 0.25) is 0 Å². The van der Waals surface area contributed by atoms with Crippen molar-refractivity contribution in [3.05, 3.63) is 144 Å². The van der Waals surface area contributed by atoms with Crippen molar-refractivity contribution in [3.8, 4) is 0 Å². The van der Waals surface area contributed by atoms with Gasteiger partial charge in [-0.2, -0.15) is 0 Å². The zero-order valence-electron chi connectivity index (χ0n) is 37.4. The average molecular weight is 887 g/mol. The van der Waals surface area contributed by atoms with Gasteiger partial charge >= 0.3 is 47.8 Å². The van der Waals surface area contributed by atoms with Crippen LogP contribution in [-0.4, -0.2) is 101 Å². The van der Waals surface area contributed by atoms with E-state index in [1.54, 1.807) is 13.8 Å². The molecule has 0 spiro atoms. The molecule has 0 aliphatic heterocycles. The predicted molar refractivity (Wildman–Crippen MR) is 242 cm³/mol. The van der Waals surface area contributed by atoms with Crippen LogP contribution in [0.3, 0.4) is 0 Å². The molecule has 16 heteroatoms. The van der Waals surface area contributed by atoms with Crippen LogP contribution in [0.1, 0.15) is 52.5 Å². The molecule has 0 saturated carbocycles. The van der Waals surface area contributed by atoms with E-state index in [0.717, 1.165) is 61.8 Å². The Morgan fingerprint density at radius 2 is 0.841 bits per heavy atom. The van der Waals surface area contributed by atoms with Gasteiger partial charge in [0.15, 0.2) is 0 Å². The Kier molecular flexibility index (Phi) is 58.5. The van der Waals surface area contributed by atoms with Crippen LogP contribution in [0, 0.1) is 0 Å². The number of hydrogen-bond acceptors (Lipinski definition) is 16. The van der Waals surface area contributed by atoms with E-state index in [1.807, 2.05) is 50.3 Å². The minimum absolute atomic E-state index is 0.0183. The van der Waals surface area contributed by atoms with Crippen molar-refractivity contribution in [2.45, 2.75) is 53.1 Å². The fraction of sp³-hybridized carbons (Fsp3) is 0.319. The first-order valence-electron chi connectivity index (χ1n) is 18.9. The quantitative estimate of drug-likeness (QED) is 0.0512. The molecule has 1 unspecified atom stereocenters. The lowest BCUT2D eigenvalue weighted by molar-refractivity contribution is -0.151. The Balaban J connectivity index is -0.000000153. The summed E-state index contributed by atoms with van der Waals surface area (Å²) in [5.74, 6) is -3.58. The first-order valence-corrected chi connectivity index (χ1v) is 18.9. The van der Waals surface area contributed by atoms with E-state index >= 15 is 0 Å². The minimum atomic E-state index is -0.540. The lowest BCUT2D eigenvalue weighted by Gasteiger charge is -2.10. The lowest BCUT2D eigenvalue weighted by atomic mass is 10.2. The third-order valence-electron chi connectivity index (χ3n) is 5.40. The molecule has 350 valence electrons. The zero-order chi connectivity index (χ0) is 49.7. The molecule has 1 aromatic rings. The van der Waals surface area contributed by atoms with E-state index in [0.29, 0.717) is 19.8 Å². The molecule has 0 bridgehead atoms. The topological polar surface area (TPSA) is 210 Å². The number of ether oxygens (including phenoxy) is 8. The second kappa shape index (κ2) is 54.6. The Morgan fingerprint density at radius 1 is 0.476 bits per heavy atom. The third kappa shape index (κ3) is 64.0. The zero-order valence-corrected chi connectivity index (χ0v) is 37.4. The van der Waals surface area contributed by atoms with Gasteiger partial charge in [0.1, 0.15) is 25.9 Å². The number of methoxy groups -OCH3 is 1. The van der Waals surface area contributed by atoms with E-state index in [4.69, 9.17) is 4.74 Å². The van der Waals surface area contributed by atoms with E-state index in [1.165, 1.54) is 18.7 Å². The maximum Gasteiger partial charge on any atom is 0.330 e. The van der Waals surface area contributed by atoms with Crippen molar-refractivity contribution in [1.82, 2.24) is 0 Å². The molecule has 0 saturated heterocycles. The number of esters is 8. The Bertz CT molecular complexity index is 1500. The number of carbonyl (C=O) groups is 8. The summed E-state index contributed by atoms with van der Waals surface area (Å²) in [6.07, 6.45) is 13.0. The van der Waals surface area contributed by atoms with E-state index < -0.39 is 36.0 Å². The molecule has 0 radical (unpaired) electrons. The summed E-state index contributed by atoms with van der Waals surface area (Å²) in [5, 5.41) is 0. The van der Waals surface area contributed by atoms with Gasteiger partial charge in [-0.3, -0.25) is 0 Å². The van der Waals surface area contributed by atoms with Crippen molar-refractivity contribution in [2.24, 2.45) is 0 Å². The molecular formula is C47H66O16. The fourth-order valence-corrected chi connectivity index (χ4v) is 2.45. The Morgan fingerprint density at radius 3 is 1.13 bits per heavy atom. The maximum absolute atomic E-state index is 10.6. The van der Waals surface area contributed by atoms with Crippen molar-refractivity contribution in [1.29, 1.82) is 0 Å². The normalized spacial score (nSPS) is 8.71. The summed E-state index contributed by atoms with van der Waals surface area (Å²) < 4.78 is 36.2. The summed E-state index contributed by atoms with van der Waals surface area (Å²) in [6, 6.07) is 10.0. The molecule has 0 N–H and O–H groups in total. The van der Waals surface area contributed by atoms with Gasteiger partial charge < -0.3 is 37.9 Å². The smallest absolute Gasteiger partial charge is 0.330 e. The van der Waals surface area contributed by atoms with Crippen molar-refractivity contribution in [3.63, 3.8) is 0 Å². The third-order valence-corrected chi connectivity index (χ3v) is 5.40. The van der Waals surface area contributed by atoms with E-state index in [9.17, 15) is 38.4 Å². The summed E-state index contributed by atoms with van der Waals surface area (Å²) >= 11 is 0. The maximum atomic E-state index is 10.6. The highest BCUT2D eigenvalue weighted by Crippen LogP contribution is 1.97. The van der Waals surface area contributed by atoms with Crippen LogP contribution in [0.25, 0.3) is 6.08 Å². The number of carbonyl (C=O) groups excluding carboxylic acids is 8. The molecule has 1 rings (SSSR count). The number of rotatable bonds is 21. The molecule has 0 fully saturated rings. The van der Waals surface area contributed by atoms with Crippen LogP contribution in [-0.2, 0) is 76.3 Å². The highest BCUT2D eigenvalue weighted by atomic mass is 16.6. The van der Waals surface area contributed by atoms with Crippen LogP contribution >= 0.6 is 0 Å². The van der Waals surface area contributed by atoms with Crippen LogP contribution in [0.5, 0.6) is 0 Å².